The molecule has 1 aliphatic rings. The van der Waals surface area contributed by atoms with E-state index in [-0.39, 0.29) is 17.5 Å². The lowest BCUT2D eigenvalue weighted by atomic mass is 10.0. The summed E-state index contributed by atoms with van der Waals surface area (Å²) in [7, 11) is 0. The van der Waals surface area contributed by atoms with Gasteiger partial charge in [0, 0.05) is 16.9 Å². The van der Waals surface area contributed by atoms with Crippen LogP contribution in [0.4, 0.5) is 11.4 Å². The summed E-state index contributed by atoms with van der Waals surface area (Å²) >= 11 is 0. The highest BCUT2D eigenvalue weighted by Gasteiger charge is 2.37. The minimum Gasteiger partial charge on any atom is -0.399 e. The van der Waals surface area contributed by atoms with E-state index in [1.165, 1.54) is 0 Å². The summed E-state index contributed by atoms with van der Waals surface area (Å²) in [5, 5.41) is 2.94. The molecule has 104 valence electrons. The van der Waals surface area contributed by atoms with Gasteiger partial charge in [0.05, 0.1) is 6.04 Å². The van der Waals surface area contributed by atoms with E-state index in [1.807, 2.05) is 25.1 Å². The van der Waals surface area contributed by atoms with Crippen LogP contribution in [-0.4, -0.2) is 28.9 Å². The van der Waals surface area contributed by atoms with Gasteiger partial charge in [-0.25, -0.2) is 0 Å². The van der Waals surface area contributed by atoms with Gasteiger partial charge in [0.1, 0.15) is 0 Å². The van der Waals surface area contributed by atoms with Crippen LogP contribution >= 0.6 is 0 Å². The molecule has 0 aliphatic carbocycles. The summed E-state index contributed by atoms with van der Waals surface area (Å²) in [6.07, 6.45) is 2.30. The van der Waals surface area contributed by atoms with Gasteiger partial charge in [-0.15, -0.1) is 0 Å². The lowest BCUT2D eigenvalue weighted by molar-refractivity contribution is -0.122. The van der Waals surface area contributed by atoms with Crippen LogP contribution in [0.15, 0.2) is 24.3 Å². The van der Waals surface area contributed by atoms with Crippen molar-refractivity contribution in [3.8, 4) is 0 Å². The van der Waals surface area contributed by atoms with E-state index in [9.17, 15) is 4.79 Å². The van der Waals surface area contributed by atoms with Crippen molar-refractivity contribution in [1.29, 1.82) is 0 Å². The molecule has 0 radical (unpaired) electrons. The Morgan fingerprint density at radius 3 is 2.79 bits per heavy atom. The number of amides is 1. The molecule has 1 fully saturated rings. The Morgan fingerprint density at radius 1 is 1.47 bits per heavy atom. The maximum atomic E-state index is 12.3. The second-order valence-corrected chi connectivity index (χ2v) is 5.90. The summed E-state index contributed by atoms with van der Waals surface area (Å²) in [6.45, 7) is 7.35. The SMILES string of the molecule is CC(C(=O)Nc1cccc(N)c1)N1CCCC1(C)C. The minimum absolute atomic E-state index is 0.0283. The molecule has 4 heteroatoms. The highest BCUT2D eigenvalue weighted by molar-refractivity contribution is 5.95. The molecule has 3 N–H and O–H groups in total. The molecule has 2 rings (SSSR count). The Labute approximate surface area is 115 Å². The molecule has 1 atom stereocenters. The molecule has 4 nitrogen and oxygen atoms in total. The highest BCUT2D eigenvalue weighted by Crippen LogP contribution is 2.30. The zero-order valence-electron chi connectivity index (χ0n) is 11.9. The van der Waals surface area contributed by atoms with Crippen molar-refractivity contribution in [1.82, 2.24) is 4.90 Å². The second kappa shape index (κ2) is 5.21. The third-order valence-electron chi connectivity index (χ3n) is 3.97. The van der Waals surface area contributed by atoms with Gasteiger partial charge >= 0.3 is 0 Å². The number of hydrogen-bond donors (Lipinski definition) is 2. The molecule has 1 aromatic carbocycles. The van der Waals surface area contributed by atoms with Gasteiger partial charge in [-0.2, -0.15) is 0 Å². The smallest absolute Gasteiger partial charge is 0.241 e. The van der Waals surface area contributed by atoms with E-state index in [4.69, 9.17) is 5.73 Å². The van der Waals surface area contributed by atoms with Crippen LogP contribution < -0.4 is 11.1 Å². The molecule has 19 heavy (non-hydrogen) atoms. The summed E-state index contributed by atoms with van der Waals surface area (Å²) in [4.78, 5) is 14.6. The number of nitrogen functional groups attached to an aromatic ring is 1. The van der Waals surface area contributed by atoms with Gasteiger partial charge in [0.25, 0.3) is 0 Å². The number of nitrogens with two attached hydrogens (primary N) is 1. The Kier molecular flexibility index (Phi) is 3.80. The Balaban J connectivity index is 2.04. The monoisotopic (exact) mass is 261 g/mol. The van der Waals surface area contributed by atoms with Gasteiger partial charge in [-0.1, -0.05) is 6.07 Å². The van der Waals surface area contributed by atoms with Crippen LogP contribution in [0.25, 0.3) is 0 Å². The first-order valence-corrected chi connectivity index (χ1v) is 6.83. The average Bonchev–Trinajstić information content (AvgIpc) is 2.68. The lowest BCUT2D eigenvalue weighted by Gasteiger charge is -2.35. The van der Waals surface area contributed by atoms with E-state index in [1.54, 1.807) is 6.07 Å². The number of anilines is 2. The second-order valence-electron chi connectivity index (χ2n) is 5.90. The average molecular weight is 261 g/mol. The zero-order chi connectivity index (χ0) is 14.0. The maximum Gasteiger partial charge on any atom is 0.241 e. The molecule has 0 spiro atoms. The number of nitrogens with one attached hydrogen (secondary N) is 1. The van der Waals surface area contributed by atoms with Gasteiger partial charge < -0.3 is 11.1 Å². The number of hydrogen-bond acceptors (Lipinski definition) is 3. The fourth-order valence-corrected chi connectivity index (χ4v) is 2.85. The van der Waals surface area contributed by atoms with E-state index in [0.717, 1.165) is 25.1 Å². The molecule has 1 heterocycles. The Hall–Kier alpha value is -1.55. The van der Waals surface area contributed by atoms with Crippen LogP contribution in [0.1, 0.15) is 33.6 Å². The van der Waals surface area contributed by atoms with E-state index in [0.29, 0.717) is 5.69 Å². The number of nitrogens with zero attached hydrogens (tertiary/aromatic N) is 1. The topological polar surface area (TPSA) is 58.4 Å². The molecule has 1 saturated heterocycles. The van der Waals surface area contributed by atoms with Crippen LogP contribution in [-0.2, 0) is 4.79 Å². The molecular weight excluding hydrogens is 238 g/mol. The van der Waals surface area contributed by atoms with Crippen LogP contribution in [0.3, 0.4) is 0 Å². The van der Waals surface area contributed by atoms with Gasteiger partial charge in [0.2, 0.25) is 5.91 Å². The summed E-state index contributed by atoms with van der Waals surface area (Å²) < 4.78 is 0. The number of rotatable bonds is 3. The van der Waals surface area contributed by atoms with Gasteiger partial charge in [0.15, 0.2) is 0 Å². The number of likely N-dealkylation sites (tertiary alicyclic amines) is 1. The van der Waals surface area contributed by atoms with E-state index < -0.39 is 0 Å². The number of carbonyl (C=O) groups excluding carboxylic acids is 1. The molecule has 1 unspecified atom stereocenters. The van der Waals surface area contributed by atoms with Crippen molar-refractivity contribution in [2.24, 2.45) is 0 Å². The van der Waals surface area contributed by atoms with Crippen molar-refractivity contribution in [3.63, 3.8) is 0 Å². The third-order valence-corrected chi connectivity index (χ3v) is 3.97. The van der Waals surface area contributed by atoms with E-state index in [2.05, 4.69) is 24.1 Å². The minimum atomic E-state index is -0.126. The first kappa shape index (κ1) is 13.9. The van der Waals surface area contributed by atoms with Crippen molar-refractivity contribution < 1.29 is 4.79 Å². The predicted molar refractivity (Wildman–Crippen MR) is 79.0 cm³/mol. The molecule has 0 bridgehead atoms. The first-order valence-electron chi connectivity index (χ1n) is 6.83. The van der Waals surface area contributed by atoms with Crippen LogP contribution in [0.2, 0.25) is 0 Å². The van der Waals surface area contributed by atoms with Crippen molar-refractivity contribution in [2.75, 3.05) is 17.6 Å². The van der Waals surface area contributed by atoms with Crippen LogP contribution in [0, 0.1) is 0 Å². The molecule has 1 amide bonds. The fourth-order valence-electron chi connectivity index (χ4n) is 2.85. The highest BCUT2D eigenvalue weighted by atomic mass is 16.2. The Morgan fingerprint density at radius 2 is 2.21 bits per heavy atom. The summed E-state index contributed by atoms with van der Waals surface area (Å²) in [6, 6.07) is 7.16. The van der Waals surface area contributed by atoms with Crippen LogP contribution in [0.5, 0.6) is 0 Å². The molecule has 1 aliphatic heterocycles. The zero-order valence-corrected chi connectivity index (χ0v) is 11.9. The fraction of sp³-hybridized carbons (Fsp3) is 0.533. The third kappa shape index (κ3) is 3.07. The van der Waals surface area contributed by atoms with Crippen molar-refractivity contribution >= 4 is 17.3 Å². The number of benzene rings is 1. The van der Waals surface area contributed by atoms with Crippen molar-refractivity contribution in [2.45, 2.75) is 45.2 Å². The first-order chi connectivity index (χ1) is 8.90. The number of carbonyl (C=O) groups is 1. The normalized spacial score (nSPS) is 20.2. The summed E-state index contributed by atoms with van der Waals surface area (Å²) in [5.74, 6) is 0.0283. The standard InChI is InChI=1S/C15H23N3O/c1-11(18-9-5-8-15(18,2)3)14(19)17-13-7-4-6-12(16)10-13/h4,6-7,10-11H,5,8-9,16H2,1-3H3,(H,17,19). The largest absolute Gasteiger partial charge is 0.399 e. The summed E-state index contributed by atoms with van der Waals surface area (Å²) in [5.41, 5.74) is 7.23. The predicted octanol–water partition coefficient (Wildman–Crippen LogP) is 2.47. The molecule has 0 aromatic heterocycles. The van der Waals surface area contributed by atoms with E-state index >= 15 is 0 Å². The van der Waals surface area contributed by atoms with Gasteiger partial charge in [-0.3, -0.25) is 9.69 Å². The van der Waals surface area contributed by atoms with Crippen molar-refractivity contribution in [3.05, 3.63) is 24.3 Å². The quantitative estimate of drug-likeness (QED) is 0.822. The van der Waals surface area contributed by atoms with Gasteiger partial charge in [-0.05, 0) is 58.4 Å². The molecular formula is C15H23N3O. The lowest BCUT2D eigenvalue weighted by Crippen LogP contribution is -2.49. The molecule has 0 saturated carbocycles. The Bertz CT molecular complexity index is 470. The maximum absolute atomic E-state index is 12.3. The molecule has 1 aromatic rings.